The van der Waals surface area contributed by atoms with E-state index in [2.05, 4.69) is 12.2 Å². The lowest BCUT2D eigenvalue weighted by atomic mass is 10.1. The molecule has 2 rings (SSSR count). The van der Waals surface area contributed by atoms with Crippen molar-refractivity contribution in [2.75, 3.05) is 25.5 Å². The standard InChI is InChI=1S/C14H27NO2S/c1-2-8-15-13-7-9-17-10-14(13)18(16)11-12-5-3-4-6-12/h12-15H,2-11H2,1H3. The zero-order valence-electron chi connectivity index (χ0n) is 11.5. The first-order valence-electron chi connectivity index (χ1n) is 7.49. The Morgan fingerprint density at radius 3 is 2.78 bits per heavy atom. The molecule has 1 heterocycles. The Labute approximate surface area is 114 Å². The van der Waals surface area contributed by atoms with Gasteiger partial charge in [0.15, 0.2) is 0 Å². The van der Waals surface area contributed by atoms with Crippen molar-refractivity contribution >= 4 is 10.8 Å². The molecule has 0 aromatic heterocycles. The quantitative estimate of drug-likeness (QED) is 0.805. The molecule has 1 saturated heterocycles. The van der Waals surface area contributed by atoms with E-state index in [-0.39, 0.29) is 5.25 Å². The van der Waals surface area contributed by atoms with Crippen LogP contribution >= 0.6 is 0 Å². The van der Waals surface area contributed by atoms with Gasteiger partial charge in [0, 0.05) is 29.2 Å². The molecule has 1 aliphatic carbocycles. The summed E-state index contributed by atoms with van der Waals surface area (Å²) in [6.45, 7) is 4.71. The molecule has 0 bridgehead atoms. The van der Waals surface area contributed by atoms with Crippen molar-refractivity contribution in [3.8, 4) is 0 Å². The highest BCUT2D eigenvalue weighted by molar-refractivity contribution is 7.85. The summed E-state index contributed by atoms with van der Waals surface area (Å²) in [7, 11) is -0.717. The lowest BCUT2D eigenvalue weighted by molar-refractivity contribution is 0.0820. The first-order valence-corrected chi connectivity index (χ1v) is 8.87. The summed E-state index contributed by atoms with van der Waals surface area (Å²) < 4.78 is 18.1. The van der Waals surface area contributed by atoms with Crippen molar-refractivity contribution in [1.82, 2.24) is 5.32 Å². The van der Waals surface area contributed by atoms with E-state index in [1.807, 2.05) is 0 Å². The van der Waals surface area contributed by atoms with Crippen molar-refractivity contribution in [3.05, 3.63) is 0 Å². The van der Waals surface area contributed by atoms with Crippen LogP contribution in [0.4, 0.5) is 0 Å². The Bertz CT molecular complexity index is 267. The summed E-state index contributed by atoms with van der Waals surface area (Å²) in [6.07, 6.45) is 7.39. The summed E-state index contributed by atoms with van der Waals surface area (Å²) in [4.78, 5) is 0. The van der Waals surface area contributed by atoms with Crippen LogP contribution in [0.5, 0.6) is 0 Å². The maximum absolute atomic E-state index is 12.5. The monoisotopic (exact) mass is 273 g/mol. The Morgan fingerprint density at radius 2 is 2.06 bits per heavy atom. The number of rotatable bonds is 6. The molecule has 1 aliphatic heterocycles. The van der Waals surface area contributed by atoms with Gasteiger partial charge in [-0.1, -0.05) is 19.8 Å². The minimum absolute atomic E-state index is 0.214. The summed E-state index contributed by atoms with van der Waals surface area (Å²) in [5, 5.41) is 3.77. The fourth-order valence-corrected chi connectivity index (χ4v) is 4.96. The molecule has 1 N–H and O–H groups in total. The Hall–Kier alpha value is 0.0700. The summed E-state index contributed by atoms with van der Waals surface area (Å²) in [6, 6.07) is 0.404. The number of nitrogens with one attached hydrogen (secondary N) is 1. The Morgan fingerprint density at radius 1 is 1.28 bits per heavy atom. The molecule has 3 atom stereocenters. The minimum Gasteiger partial charge on any atom is -0.380 e. The normalized spacial score (nSPS) is 31.6. The smallest absolute Gasteiger partial charge is 0.0735 e. The van der Waals surface area contributed by atoms with Crippen LogP contribution < -0.4 is 5.32 Å². The lowest BCUT2D eigenvalue weighted by Crippen LogP contribution is -2.49. The van der Waals surface area contributed by atoms with Crippen LogP contribution in [0, 0.1) is 5.92 Å². The summed E-state index contributed by atoms with van der Waals surface area (Å²) in [5.74, 6) is 1.61. The van der Waals surface area contributed by atoms with Crippen molar-refractivity contribution in [2.24, 2.45) is 5.92 Å². The summed E-state index contributed by atoms with van der Waals surface area (Å²) >= 11 is 0. The van der Waals surface area contributed by atoms with Crippen LogP contribution in [0.25, 0.3) is 0 Å². The van der Waals surface area contributed by atoms with E-state index in [0.717, 1.165) is 31.7 Å². The largest absolute Gasteiger partial charge is 0.380 e. The molecule has 2 fully saturated rings. The Kier molecular flexibility index (Phi) is 6.12. The van der Waals surface area contributed by atoms with E-state index >= 15 is 0 Å². The molecule has 0 aromatic carbocycles. The van der Waals surface area contributed by atoms with Crippen molar-refractivity contribution in [3.63, 3.8) is 0 Å². The Balaban J connectivity index is 1.84. The van der Waals surface area contributed by atoms with Crippen LogP contribution in [-0.4, -0.2) is 41.0 Å². The number of ether oxygens (including phenoxy) is 1. The average Bonchev–Trinajstić information content (AvgIpc) is 2.89. The van der Waals surface area contributed by atoms with Crippen molar-refractivity contribution in [2.45, 2.75) is 56.7 Å². The first-order chi connectivity index (χ1) is 8.81. The van der Waals surface area contributed by atoms with Gasteiger partial charge < -0.3 is 10.1 Å². The van der Waals surface area contributed by atoms with Gasteiger partial charge >= 0.3 is 0 Å². The molecule has 3 nitrogen and oxygen atoms in total. The average molecular weight is 273 g/mol. The molecular weight excluding hydrogens is 246 g/mol. The van der Waals surface area contributed by atoms with Gasteiger partial charge in [0.1, 0.15) is 0 Å². The highest BCUT2D eigenvalue weighted by atomic mass is 32.2. The van der Waals surface area contributed by atoms with Crippen LogP contribution in [0.15, 0.2) is 0 Å². The molecule has 3 unspecified atom stereocenters. The van der Waals surface area contributed by atoms with E-state index in [1.54, 1.807) is 0 Å². The van der Waals surface area contributed by atoms with Crippen LogP contribution in [-0.2, 0) is 15.5 Å². The van der Waals surface area contributed by atoms with E-state index in [1.165, 1.54) is 25.7 Å². The molecule has 0 radical (unpaired) electrons. The second-order valence-corrected chi connectivity index (χ2v) is 7.36. The predicted molar refractivity (Wildman–Crippen MR) is 76.3 cm³/mol. The predicted octanol–water partition coefficient (Wildman–Crippen LogP) is 2.08. The minimum atomic E-state index is -0.717. The van der Waals surface area contributed by atoms with Gasteiger partial charge in [-0.15, -0.1) is 0 Å². The van der Waals surface area contributed by atoms with E-state index < -0.39 is 10.8 Å². The van der Waals surface area contributed by atoms with Crippen LogP contribution in [0.1, 0.15) is 45.4 Å². The van der Waals surface area contributed by atoms with Gasteiger partial charge in [0.2, 0.25) is 0 Å². The second-order valence-electron chi connectivity index (χ2n) is 5.66. The molecule has 0 amide bonds. The van der Waals surface area contributed by atoms with E-state index in [0.29, 0.717) is 18.6 Å². The van der Waals surface area contributed by atoms with Crippen LogP contribution in [0.2, 0.25) is 0 Å². The maximum Gasteiger partial charge on any atom is 0.0735 e. The zero-order chi connectivity index (χ0) is 12.8. The molecule has 2 aliphatic rings. The highest BCUT2D eigenvalue weighted by Gasteiger charge is 2.31. The fourth-order valence-electron chi connectivity index (χ4n) is 3.07. The molecule has 1 saturated carbocycles. The number of hydrogen-bond donors (Lipinski definition) is 1. The van der Waals surface area contributed by atoms with Gasteiger partial charge in [-0.05, 0) is 38.1 Å². The van der Waals surface area contributed by atoms with Crippen molar-refractivity contribution in [1.29, 1.82) is 0 Å². The van der Waals surface area contributed by atoms with E-state index in [9.17, 15) is 4.21 Å². The van der Waals surface area contributed by atoms with Gasteiger partial charge in [-0.3, -0.25) is 4.21 Å². The molecule has 0 aromatic rings. The van der Waals surface area contributed by atoms with Gasteiger partial charge in [-0.25, -0.2) is 0 Å². The second kappa shape index (κ2) is 7.61. The molecule has 0 spiro atoms. The molecule has 106 valence electrons. The van der Waals surface area contributed by atoms with Crippen molar-refractivity contribution < 1.29 is 8.95 Å². The molecular formula is C14H27NO2S. The first kappa shape index (κ1) is 14.5. The third kappa shape index (κ3) is 4.04. The third-order valence-corrected chi connectivity index (χ3v) is 6.11. The third-order valence-electron chi connectivity index (χ3n) is 4.17. The topological polar surface area (TPSA) is 38.3 Å². The maximum atomic E-state index is 12.5. The zero-order valence-corrected chi connectivity index (χ0v) is 12.3. The van der Waals surface area contributed by atoms with Gasteiger partial charge in [0.05, 0.1) is 11.9 Å². The molecule has 18 heavy (non-hydrogen) atoms. The summed E-state index contributed by atoms with van der Waals surface area (Å²) in [5.41, 5.74) is 0. The van der Waals surface area contributed by atoms with Crippen LogP contribution in [0.3, 0.4) is 0 Å². The number of hydrogen-bond acceptors (Lipinski definition) is 3. The highest BCUT2D eigenvalue weighted by Crippen LogP contribution is 2.27. The van der Waals surface area contributed by atoms with Gasteiger partial charge in [0.25, 0.3) is 0 Å². The molecule has 4 heteroatoms. The van der Waals surface area contributed by atoms with E-state index in [4.69, 9.17) is 4.74 Å². The SMILES string of the molecule is CCCNC1CCOCC1S(=O)CC1CCCC1. The lowest BCUT2D eigenvalue weighted by Gasteiger charge is -2.32. The fraction of sp³-hybridized carbons (Fsp3) is 1.00. The van der Waals surface area contributed by atoms with Gasteiger partial charge in [-0.2, -0.15) is 0 Å².